The van der Waals surface area contributed by atoms with E-state index >= 15 is 0 Å². The second-order valence-electron chi connectivity index (χ2n) is 8.89. The quantitative estimate of drug-likeness (QED) is 0.112. The molecule has 174 valence electrons. The third-order valence-electron chi connectivity index (χ3n) is 5.41. The van der Waals surface area contributed by atoms with Crippen LogP contribution in [0.1, 0.15) is 130 Å². The lowest BCUT2D eigenvalue weighted by Crippen LogP contribution is -2.04. The molecule has 0 saturated carbocycles. The Bertz CT molecular complexity index is 481. The molecular formula is C28H50O2. The molecule has 0 unspecified atom stereocenters. The zero-order chi connectivity index (χ0) is 22.3. The zero-order valence-corrected chi connectivity index (χ0v) is 20.6. The fourth-order valence-corrected chi connectivity index (χ4v) is 3.38. The molecule has 0 N–H and O–H groups in total. The molecule has 0 aliphatic carbocycles. The van der Waals surface area contributed by atoms with Crippen molar-refractivity contribution in [2.45, 2.75) is 130 Å². The Labute approximate surface area is 188 Å². The summed E-state index contributed by atoms with van der Waals surface area (Å²) in [7, 11) is 0. The van der Waals surface area contributed by atoms with Gasteiger partial charge in [-0.05, 0) is 71.8 Å². The van der Waals surface area contributed by atoms with Crippen LogP contribution in [0.25, 0.3) is 0 Å². The lowest BCUT2D eigenvalue weighted by molar-refractivity contribution is -0.142. The molecule has 0 saturated heterocycles. The summed E-state index contributed by atoms with van der Waals surface area (Å²) in [6.45, 7) is 9.04. The first-order valence-electron chi connectivity index (χ1n) is 12.7. The van der Waals surface area contributed by atoms with Gasteiger partial charge in [-0.1, -0.05) is 87.7 Å². The molecular weight excluding hydrogens is 368 g/mol. The van der Waals surface area contributed by atoms with Crippen molar-refractivity contribution >= 4 is 5.97 Å². The summed E-state index contributed by atoms with van der Waals surface area (Å²) in [6, 6.07) is 0. The third-order valence-corrected chi connectivity index (χ3v) is 5.41. The molecule has 2 heteroatoms. The molecule has 0 heterocycles. The van der Waals surface area contributed by atoms with Crippen LogP contribution in [0, 0.1) is 0 Å². The SMILES string of the molecule is CCCCCCCC/C=C/CCCCCCCC(=O)OC/C=C(\C)CCC=C(C)C. The number of rotatable bonds is 20. The number of hydrogen-bond acceptors (Lipinski definition) is 2. The molecule has 0 amide bonds. The number of carbonyl (C=O) groups is 1. The minimum absolute atomic E-state index is 0.0547. The van der Waals surface area contributed by atoms with Crippen LogP contribution >= 0.6 is 0 Å². The molecule has 0 atom stereocenters. The van der Waals surface area contributed by atoms with E-state index in [0.29, 0.717) is 13.0 Å². The fraction of sp³-hybridized carbons (Fsp3) is 0.750. The predicted molar refractivity (Wildman–Crippen MR) is 133 cm³/mol. The van der Waals surface area contributed by atoms with Gasteiger partial charge >= 0.3 is 5.97 Å². The van der Waals surface area contributed by atoms with Gasteiger partial charge in [-0.3, -0.25) is 4.79 Å². The van der Waals surface area contributed by atoms with Crippen molar-refractivity contribution in [3.63, 3.8) is 0 Å². The molecule has 0 radical (unpaired) electrons. The topological polar surface area (TPSA) is 26.3 Å². The molecule has 0 fully saturated rings. The lowest BCUT2D eigenvalue weighted by atomic mass is 10.1. The van der Waals surface area contributed by atoms with Crippen LogP contribution < -0.4 is 0 Å². The van der Waals surface area contributed by atoms with Crippen molar-refractivity contribution in [3.8, 4) is 0 Å². The van der Waals surface area contributed by atoms with Gasteiger partial charge in [0.05, 0.1) is 0 Å². The van der Waals surface area contributed by atoms with Crippen LogP contribution in [0.5, 0.6) is 0 Å². The summed E-state index contributed by atoms with van der Waals surface area (Å²) in [5.74, 6) is -0.0547. The molecule has 0 spiro atoms. The van der Waals surface area contributed by atoms with E-state index in [1.165, 1.54) is 81.8 Å². The summed E-state index contributed by atoms with van der Waals surface area (Å²) in [5, 5.41) is 0. The van der Waals surface area contributed by atoms with E-state index in [0.717, 1.165) is 25.7 Å². The highest BCUT2D eigenvalue weighted by molar-refractivity contribution is 5.69. The van der Waals surface area contributed by atoms with E-state index in [-0.39, 0.29) is 5.97 Å². The Hall–Kier alpha value is -1.31. The standard InChI is InChI=1S/C28H50O2/c1-5-6-7-8-9-10-11-12-13-14-15-16-17-18-19-23-28(29)30-25-24-27(4)22-20-21-26(2)3/h12-13,21,24H,5-11,14-20,22-23,25H2,1-4H3/b13-12+,27-24+. The summed E-state index contributed by atoms with van der Waals surface area (Å²) in [4.78, 5) is 11.8. The van der Waals surface area contributed by atoms with E-state index in [4.69, 9.17) is 4.74 Å². The Morgan fingerprint density at radius 1 is 0.667 bits per heavy atom. The van der Waals surface area contributed by atoms with Crippen molar-refractivity contribution < 1.29 is 9.53 Å². The second kappa shape index (κ2) is 22.4. The second-order valence-corrected chi connectivity index (χ2v) is 8.89. The van der Waals surface area contributed by atoms with Gasteiger partial charge in [0.25, 0.3) is 0 Å². The highest BCUT2D eigenvalue weighted by Crippen LogP contribution is 2.11. The van der Waals surface area contributed by atoms with Gasteiger partial charge in [0, 0.05) is 6.42 Å². The first kappa shape index (κ1) is 28.7. The summed E-state index contributed by atoms with van der Waals surface area (Å²) >= 11 is 0. The minimum atomic E-state index is -0.0547. The van der Waals surface area contributed by atoms with Crippen LogP contribution in [0.3, 0.4) is 0 Å². The fourth-order valence-electron chi connectivity index (χ4n) is 3.38. The van der Waals surface area contributed by atoms with Gasteiger partial charge in [0.2, 0.25) is 0 Å². The first-order valence-corrected chi connectivity index (χ1v) is 12.7. The molecule has 0 aromatic carbocycles. The average Bonchev–Trinajstić information content (AvgIpc) is 2.70. The summed E-state index contributed by atoms with van der Waals surface area (Å²) < 4.78 is 5.32. The van der Waals surface area contributed by atoms with Crippen molar-refractivity contribution in [2.75, 3.05) is 6.61 Å². The Balaban J connectivity index is 3.42. The highest BCUT2D eigenvalue weighted by atomic mass is 16.5. The number of hydrogen-bond donors (Lipinski definition) is 0. The van der Waals surface area contributed by atoms with Crippen LogP contribution in [0.15, 0.2) is 35.5 Å². The van der Waals surface area contributed by atoms with Crippen molar-refractivity contribution in [2.24, 2.45) is 0 Å². The van der Waals surface area contributed by atoms with Gasteiger partial charge in [-0.25, -0.2) is 0 Å². The van der Waals surface area contributed by atoms with Crippen LogP contribution in [0.2, 0.25) is 0 Å². The molecule has 30 heavy (non-hydrogen) atoms. The van der Waals surface area contributed by atoms with Crippen LogP contribution in [-0.2, 0) is 9.53 Å². The summed E-state index contributed by atoms with van der Waals surface area (Å²) in [6.07, 6.45) is 28.3. The molecule has 0 bridgehead atoms. The van der Waals surface area contributed by atoms with Gasteiger partial charge in [0.1, 0.15) is 6.61 Å². The zero-order valence-electron chi connectivity index (χ0n) is 20.6. The molecule has 0 aromatic heterocycles. The first-order chi connectivity index (χ1) is 14.6. The predicted octanol–water partition coefficient (Wildman–Crippen LogP) is 9.26. The maximum atomic E-state index is 11.8. The monoisotopic (exact) mass is 418 g/mol. The normalized spacial score (nSPS) is 11.8. The Morgan fingerprint density at radius 2 is 1.23 bits per heavy atom. The van der Waals surface area contributed by atoms with Gasteiger partial charge in [-0.2, -0.15) is 0 Å². The van der Waals surface area contributed by atoms with Crippen LogP contribution in [-0.4, -0.2) is 12.6 Å². The number of esters is 1. The van der Waals surface area contributed by atoms with E-state index < -0.39 is 0 Å². The molecule has 0 rings (SSSR count). The smallest absolute Gasteiger partial charge is 0.306 e. The number of allylic oxidation sites excluding steroid dienone is 5. The van der Waals surface area contributed by atoms with E-state index in [2.05, 4.69) is 45.9 Å². The van der Waals surface area contributed by atoms with E-state index in [1.54, 1.807) is 0 Å². The summed E-state index contributed by atoms with van der Waals surface area (Å²) in [5.41, 5.74) is 2.65. The molecule has 0 aromatic rings. The van der Waals surface area contributed by atoms with Crippen molar-refractivity contribution in [3.05, 3.63) is 35.5 Å². The van der Waals surface area contributed by atoms with E-state index in [1.807, 2.05) is 6.08 Å². The maximum absolute atomic E-state index is 11.8. The maximum Gasteiger partial charge on any atom is 0.306 e. The third kappa shape index (κ3) is 23.0. The minimum Gasteiger partial charge on any atom is -0.461 e. The van der Waals surface area contributed by atoms with Gasteiger partial charge in [0.15, 0.2) is 0 Å². The Morgan fingerprint density at radius 3 is 1.83 bits per heavy atom. The molecule has 2 nitrogen and oxygen atoms in total. The van der Waals surface area contributed by atoms with Crippen LogP contribution in [0.4, 0.5) is 0 Å². The van der Waals surface area contributed by atoms with Gasteiger partial charge < -0.3 is 4.74 Å². The Kier molecular flexibility index (Phi) is 21.4. The van der Waals surface area contributed by atoms with E-state index in [9.17, 15) is 4.79 Å². The average molecular weight is 419 g/mol. The van der Waals surface area contributed by atoms with Crippen molar-refractivity contribution in [1.82, 2.24) is 0 Å². The highest BCUT2D eigenvalue weighted by Gasteiger charge is 2.01. The number of carbonyl (C=O) groups excluding carboxylic acids is 1. The largest absolute Gasteiger partial charge is 0.461 e. The van der Waals surface area contributed by atoms with Gasteiger partial charge in [-0.15, -0.1) is 0 Å². The number of ether oxygens (including phenoxy) is 1. The molecule has 0 aliphatic rings. The molecule has 0 aliphatic heterocycles. The van der Waals surface area contributed by atoms with Crippen molar-refractivity contribution in [1.29, 1.82) is 0 Å². The lowest BCUT2D eigenvalue weighted by Gasteiger charge is -2.04. The number of unbranched alkanes of at least 4 members (excludes halogenated alkanes) is 11.